The van der Waals surface area contributed by atoms with Crippen LogP contribution < -0.4 is 10.2 Å². The van der Waals surface area contributed by atoms with Gasteiger partial charge in [0.2, 0.25) is 5.91 Å². The average Bonchev–Trinajstić information content (AvgIpc) is 3.15. The fraction of sp³-hybridized carbons (Fsp3) is 0.435. The number of hydrogen-bond acceptors (Lipinski definition) is 2. The lowest BCUT2D eigenvalue weighted by Gasteiger charge is -2.28. The quantitative estimate of drug-likeness (QED) is 0.885. The number of fused-ring (bicyclic) bond motifs is 1. The van der Waals surface area contributed by atoms with Crippen molar-refractivity contribution < 1.29 is 4.79 Å². The van der Waals surface area contributed by atoms with Crippen LogP contribution in [0.4, 0.5) is 5.69 Å². The number of amides is 1. The van der Waals surface area contributed by atoms with Gasteiger partial charge in [-0.2, -0.15) is 0 Å². The van der Waals surface area contributed by atoms with E-state index in [-0.39, 0.29) is 5.91 Å². The second kappa shape index (κ2) is 7.94. The monoisotopic (exact) mass is 348 g/mol. The molecule has 0 aromatic heterocycles. The van der Waals surface area contributed by atoms with Gasteiger partial charge < -0.3 is 10.2 Å². The highest BCUT2D eigenvalue weighted by molar-refractivity contribution is 5.78. The summed E-state index contributed by atoms with van der Waals surface area (Å²) in [6.07, 6.45) is 8.01. The second-order valence-corrected chi connectivity index (χ2v) is 7.62. The summed E-state index contributed by atoms with van der Waals surface area (Å²) < 4.78 is 0. The first-order valence-corrected chi connectivity index (χ1v) is 9.99. The molecule has 1 saturated heterocycles. The van der Waals surface area contributed by atoms with Crippen molar-refractivity contribution in [3.63, 3.8) is 0 Å². The molecule has 2 aromatic carbocycles. The van der Waals surface area contributed by atoms with Gasteiger partial charge in [-0.3, -0.25) is 4.79 Å². The molecule has 2 aliphatic rings. The van der Waals surface area contributed by atoms with Crippen molar-refractivity contribution in [1.82, 2.24) is 5.32 Å². The predicted octanol–water partition coefficient (Wildman–Crippen LogP) is 4.02. The van der Waals surface area contributed by atoms with Gasteiger partial charge in [0.15, 0.2) is 0 Å². The van der Waals surface area contributed by atoms with Crippen molar-refractivity contribution in [3.05, 3.63) is 64.7 Å². The van der Waals surface area contributed by atoms with Crippen LogP contribution in [0.3, 0.4) is 0 Å². The van der Waals surface area contributed by atoms with Crippen LogP contribution in [0, 0.1) is 0 Å². The van der Waals surface area contributed by atoms with Crippen molar-refractivity contribution in [1.29, 1.82) is 0 Å². The Morgan fingerprint density at radius 2 is 1.58 bits per heavy atom. The molecule has 1 amide bonds. The predicted molar refractivity (Wildman–Crippen MR) is 107 cm³/mol. The summed E-state index contributed by atoms with van der Waals surface area (Å²) in [5.41, 5.74) is 6.49. The summed E-state index contributed by atoms with van der Waals surface area (Å²) in [5.74, 6) is 0.100. The summed E-state index contributed by atoms with van der Waals surface area (Å²) in [6, 6.07) is 15.2. The summed E-state index contributed by atoms with van der Waals surface area (Å²) in [7, 11) is 0. The zero-order chi connectivity index (χ0) is 17.8. The molecule has 1 N–H and O–H groups in total. The third-order valence-electron chi connectivity index (χ3n) is 5.67. The molecule has 0 bridgehead atoms. The maximum Gasteiger partial charge on any atom is 0.224 e. The molecule has 26 heavy (non-hydrogen) atoms. The van der Waals surface area contributed by atoms with E-state index in [0.717, 1.165) is 30.6 Å². The molecule has 3 nitrogen and oxygen atoms in total. The molecule has 0 radical (unpaired) electrons. The number of hydrogen-bond donors (Lipinski definition) is 1. The first-order chi connectivity index (χ1) is 12.8. The van der Waals surface area contributed by atoms with Crippen LogP contribution >= 0.6 is 0 Å². The molecule has 0 atom stereocenters. The average molecular weight is 348 g/mol. The molecule has 1 aliphatic heterocycles. The number of anilines is 1. The Balaban J connectivity index is 1.28. The van der Waals surface area contributed by atoms with Crippen LogP contribution in [0.2, 0.25) is 0 Å². The zero-order valence-electron chi connectivity index (χ0n) is 15.5. The first kappa shape index (κ1) is 17.1. The van der Waals surface area contributed by atoms with Crippen LogP contribution in [-0.4, -0.2) is 19.0 Å². The van der Waals surface area contributed by atoms with Crippen LogP contribution in [0.15, 0.2) is 42.5 Å². The lowest BCUT2D eigenvalue weighted by atomic mass is 10.0. The number of nitrogens with zero attached hydrogens (tertiary/aromatic N) is 1. The Morgan fingerprint density at radius 1 is 0.846 bits per heavy atom. The molecule has 1 fully saturated rings. The zero-order valence-corrected chi connectivity index (χ0v) is 15.5. The van der Waals surface area contributed by atoms with E-state index < -0.39 is 0 Å². The van der Waals surface area contributed by atoms with Gasteiger partial charge in [0.1, 0.15) is 0 Å². The van der Waals surface area contributed by atoms with Crippen LogP contribution in [0.1, 0.15) is 47.9 Å². The Kier molecular flexibility index (Phi) is 5.24. The number of benzene rings is 2. The molecule has 3 heteroatoms. The number of nitrogens with one attached hydrogen (secondary N) is 1. The molecular weight excluding hydrogens is 320 g/mol. The van der Waals surface area contributed by atoms with Crippen LogP contribution in [0.5, 0.6) is 0 Å². The van der Waals surface area contributed by atoms with E-state index >= 15 is 0 Å². The minimum atomic E-state index is 0.100. The minimum absolute atomic E-state index is 0.100. The van der Waals surface area contributed by atoms with Gasteiger partial charge in [0.25, 0.3) is 0 Å². The fourth-order valence-corrected chi connectivity index (χ4v) is 4.16. The van der Waals surface area contributed by atoms with E-state index in [1.807, 2.05) is 0 Å². The Morgan fingerprint density at radius 3 is 2.38 bits per heavy atom. The van der Waals surface area contributed by atoms with E-state index in [1.54, 1.807) is 0 Å². The van der Waals surface area contributed by atoms with Gasteiger partial charge in [-0.25, -0.2) is 0 Å². The normalized spacial score (nSPS) is 16.4. The SMILES string of the molecule is O=C(Cc1ccc2c(c1)CCC2)NCc1ccc(N2CCCCC2)cc1. The van der Waals surface area contributed by atoms with Gasteiger partial charge in [-0.05, 0) is 72.9 Å². The Bertz CT molecular complexity index is 760. The highest BCUT2D eigenvalue weighted by Gasteiger charge is 2.13. The Labute approximate surface area is 156 Å². The summed E-state index contributed by atoms with van der Waals surface area (Å²) in [6.45, 7) is 2.93. The van der Waals surface area contributed by atoms with Gasteiger partial charge in [0.05, 0.1) is 6.42 Å². The third-order valence-corrected chi connectivity index (χ3v) is 5.67. The van der Waals surface area contributed by atoms with Crippen molar-refractivity contribution >= 4 is 11.6 Å². The first-order valence-electron chi connectivity index (χ1n) is 9.99. The standard InChI is InChI=1S/C23H28N2O/c26-23(16-19-7-10-20-5-4-6-21(20)15-19)24-17-18-8-11-22(12-9-18)25-13-2-1-3-14-25/h7-12,15H,1-6,13-14,16-17H2,(H,24,26). The number of piperidine rings is 1. The minimum Gasteiger partial charge on any atom is -0.372 e. The van der Waals surface area contributed by atoms with E-state index in [9.17, 15) is 4.79 Å². The molecule has 2 aromatic rings. The number of rotatable bonds is 5. The van der Waals surface area contributed by atoms with Crippen molar-refractivity contribution in [2.45, 2.75) is 51.5 Å². The van der Waals surface area contributed by atoms with Crippen molar-refractivity contribution in [2.24, 2.45) is 0 Å². The molecule has 0 spiro atoms. The highest BCUT2D eigenvalue weighted by atomic mass is 16.1. The van der Waals surface area contributed by atoms with Crippen molar-refractivity contribution in [3.8, 4) is 0 Å². The van der Waals surface area contributed by atoms with Crippen LogP contribution in [-0.2, 0) is 30.6 Å². The molecule has 0 saturated carbocycles. The van der Waals surface area contributed by atoms with E-state index in [1.165, 1.54) is 48.9 Å². The molecule has 1 heterocycles. The number of carbonyl (C=O) groups excluding carboxylic acids is 1. The molecule has 1 aliphatic carbocycles. The lowest BCUT2D eigenvalue weighted by Crippen LogP contribution is -2.29. The lowest BCUT2D eigenvalue weighted by molar-refractivity contribution is -0.120. The van der Waals surface area contributed by atoms with Gasteiger partial charge in [-0.15, -0.1) is 0 Å². The number of carbonyl (C=O) groups is 1. The Hall–Kier alpha value is -2.29. The largest absolute Gasteiger partial charge is 0.372 e. The van der Waals surface area contributed by atoms with Gasteiger partial charge in [0, 0.05) is 25.3 Å². The van der Waals surface area contributed by atoms with Crippen molar-refractivity contribution in [2.75, 3.05) is 18.0 Å². The van der Waals surface area contributed by atoms with E-state index in [2.05, 4.69) is 52.7 Å². The maximum absolute atomic E-state index is 12.3. The molecule has 136 valence electrons. The maximum atomic E-state index is 12.3. The molecule has 4 rings (SSSR count). The topological polar surface area (TPSA) is 32.3 Å². The van der Waals surface area contributed by atoms with Crippen LogP contribution in [0.25, 0.3) is 0 Å². The second-order valence-electron chi connectivity index (χ2n) is 7.62. The summed E-state index contributed by atoms with van der Waals surface area (Å²) in [5, 5.41) is 3.06. The highest BCUT2D eigenvalue weighted by Crippen LogP contribution is 2.23. The molecule has 0 unspecified atom stereocenters. The number of aryl methyl sites for hydroxylation is 2. The smallest absolute Gasteiger partial charge is 0.224 e. The molecular formula is C23H28N2O. The fourth-order valence-electron chi connectivity index (χ4n) is 4.16. The van der Waals surface area contributed by atoms with Gasteiger partial charge in [-0.1, -0.05) is 30.3 Å². The van der Waals surface area contributed by atoms with Gasteiger partial charge >= 0.3 is 0 Å². The van der Waals surface area contributed by atoms with E-state index in [4.69, 9.17) is 0 Å². The summed E-state index contributed by atoms with van der Waals surface area (Å²) in [4.78, 5) is 14.7. The third kappa shape index (κ3) is 4.09. The summed E-state index contributed by atoms with van der Waals surface area (Å²) >= 11 is 0. The van der Waals surface area contributed by atoms with E-state index in [0.29, 0.717) is 13.0 Å².